The van der Waals surface area contributed by atoms with Crippen LogP contribution < -0.4 is 15.0 Å². The number of anilines is 2. The summed E-state index contributed by atoms with van der Waals surface area (Å²) in [5, 5.41) is 2.70. The van der Waals surface area contributed by atoms with Crippen molar-refractivity contribution in [3.8, 4) is 17.1 Å². The van der Waals surface area contributed by atoms with E-state index in [1.807, 2.05) is 13.0 Å². The highest BCUT2D eigenvalue weighted by Gasteiger charge is 2.40. The summed E-state index contributed by atoms with van der Waals surface area (Å²) in [6, 6.07) is 20.5. The monoisotopic (exact) mass is 573 g/mol. The van der Waals surface area contributed by atoms with E-state index in [0.29, 0.717) is 54.1 Å². The number of benzene rings is 2. The van der Waals surface area contributed by atoms with E-state index in [2.05, 4.69) is 15.2 Å². The van der Waals surface area contributed by atoms with Gasteiger partial charge in [0.1, 0.15) is 16.3 Å². The van der Waals surface area contributed by atoms with Gasteiger partial charge in [-0.3, -0.25) is 10.3 Å². The first-order chi connectivity index (χ1) is 19.6. The lowest BCUT2D eigenvalue weighted by molar-refractivity contribution is 0.0985. The Labute approximate surface area is 239 Å². The summed E-state index contributed by atoms with van der Waals surface area (Å²) >= 11 is 0. The molecule has 0 spiro atoms. The minimum atomic E-state index is -3.83. The number of aromatic nitrogens is 3. The predicted molar refractivity (Wildman–Crippen MR) is 156 cm³/mol. The van der Waals surface area contributed by atoms with Gasteiger partial charge in [-0.25, -0.2) is 23.2 Å². The van der Waals surface area contributed by atoms with Crippen molar-refractivity contribution in [2.24, 2.45) is 0 Å². The summed E-state index contributed by atoms with van der Waals surface area (Å²) in [5.74, 6) is 1.42. The summed E-state index contributed by atoms with van der Waals surface area (Å²) < 4.78 is 37.0. The van der Waals surface area contributed by atoms with Gasteiger partial charge in [0.05, 0.1) is 29.8 Å². The van der Waals surface area contributed by atoms with Gasteiger partial charge in [-0.15, -0.1) is 0 Å². The Bertz CT molecular complexity index is 1610. The number of carbonyl (C=O) groups excluding carboxylic acids is 1. The Hall–Kier alpha value is -4.35. The van der Waals surface area contributed by atoms with Crippen LogP contribution in [0, 0.1) is 0 Å². The number of pyridine rings is 1. The van der Waals surface area contributed by atoms with Gasteiger partial charge in [0, 0.05) is 36.3 Å². The first kappa shape index (κ1) is 28.2. The van der Waals surface area contributed by atoms with E-state index in [1.54, 1.807) is 68.4 Å². The molecule has 0 unspecified atom stereocenters. The summed E-state index contributed by atoms with van der Waals surface area (Å²) in [5.41, 5.74) is 1.54. The van der Waals surface area contributed by atoms with Crippen LogP contribution in [0.1, 0.15) is 26.5 Å². The van der Waals surface area contributed by atoms with Crippen molar-refractivity contribution in [1.82, 2.24) is 15.0 Å². The average molecular weight is 574 g/mol. The number of hydrogen-bond acceptors (Lipinski definition) is 9. The second kappa shape index (κ2) is 11.6. The number of nitrogens with zero attached hydrogens (tertiary/aromatic N) is 4. The Kier molecular flexibility index (Phi) is 8.00. The highest BCUT2D eigenvalue weighted by Crippen LogP contribution is 2.36. The number of hydrogen-bond donors (Lipinski definition) is 1. The van der Waals surface area contributed by atoms with E-state index in [4.69, 9.17) is 19.4 Å². The Balaban J connectivity index is 1.49. The molecule has 0 bridgehead atoms. The molecule has 1 fully saturated rings. The average Bonchev–Trinajstić information content (AvgIpc) is 2.98. The van der Waals surface area contributed by atoms with E-state index in [9.17, 15) is 13.2 Å². The number of sulfone groups is 1. The Morgan fingerprint density at radius 3 is 2.41 bits per heavy atom. The molecule has 5 rings (SSSR count). The topological polar surface area (TPSA) is 124 Å². The van der Waals surface area contributed by atoms with Crippen LogP contribution in [0.3, 0.4) is 0 Å². The van der Waals surface area contributed by atoms with Crippen LogP contribution in [0.25, 0.3) is 11.4 Å². The van der Waals surface area contributed by atoms with Crippen LogP contribution >= 0.6 is 0 Å². The second-order valence-electron chi connectivity index (χ2n) is 10.2. The molecule has 41 heavy (non-hydrogen) atoms. The number of nitrogens with one attached hydrogen (secondary N) is 1. The van der Waals surface area contributed by atoms with Crippen LogP contribution in [0.5, 0.6) is 5.75 Å². The fourth-order valence-electron chi connectivity index (χ4n) is 4.48. The van der Waals surface area contributed by atoms with Crippen molar-refractivity contribution in [2.45, 2.75) is 36.5 Å². The van der Waals surface area contributed by atoms with Gasteiger partial charge in [0.15, 0.2) is 15.7 Å². The van der Waals surface area contributed by atoms with Crippen LogP contribution in [-0.4, -0.2) is 55.3 Å². The van der Waals surface area contributed by atoms with Gasteiger partial charge in [-0.1, -0.05) is 18.2 Å². The third kappa shape index (κ3) is 6.06. The van der Waals surface area contributed by atoms with Crippen LogP contribution in [0.4, 0.5) is 16.3 Å². The van der Waals surface area contributed by atoms with Crippen molar-refractivity contribution in [2.75, 3.05) is 30.0 Å². The minimum Gasteiger partial charge on any atom is -0.410 e. The molecule has 3 heterocycles. The molecule has 4 aromatic rings. The fourth-order valence-corrected chi connectivity index (χ4v) is 5.93. The summed E-state index contributed by atoms with van der Waals surface area (Å²) in [6.45, 7) is 7.01. The number of para-hydroxylation sites is 1. The zero-order chi connectivity index (χ0) is 29.0. The van der Waals surface area contributed by atoms with Gasteiger partial charge < -0.3 is 14.4 Å². The first-order valence-corrected chi connectivity index (χ1v) is 14.7. The van der Waals surface area contributed by atoms with Crippen LogP contribution in [0.2, 0.25) is 0 Å². The van der Waals surface area contributed by atoms with Gasteiger partial charge in [-0.2, -0.15) is 0 Å². The summed E-state index contributed by atoms with van der Waals surface area (Å²) in [4.78, 5) is 28.1. The quantitative estimate of drug-likeness (QED) is 0.322. The molecule has 10 nitrogen and oxygen atoms in total. The zero-order valence-corrected chi connectivity index (χ0v) is 23.8. The lowest BCUT2D eigenvalue weighted by Gasteiger charge is -2.35. The normalized spacial score (nSPS) is 15.8. The third-order valence-corrected chi connectivity index (χ3v) is 9.41. The standard InChI is InChI=1S/C30H31N5O5S/c1-21-20-39-18-17-35(21)27-19-26(30(2,3)41(37,38)25-13-15-31-16-14-25)33-28(34-27)22-9-11-23(12-10-22)32-29(36)40-24-7-5-4-6-8-24/h4-16,19,21H,17-18,20H2,1-3H3,(H,32,36)/t21-/m0/s1. The van der Waals surface area contributed by atoms with Crippen molar-refractivity contribution in [3.63, 3.8) is 0 Å². The maximum Gasteiger partial charge on any atom is 0.417 e. The van der Waals surface area contributed by atoms with Gasteiger partial charge in [0.2, 0.25) is 0 Å². The van der Waals surface area contributed by atoms with Gasteiger partial charge >= 0.3 is 6.09 Å². The molecular weight excluding hydrogens is 542 g/mol. The highest BCUT2D eigenvalue weighted by molar-refractivity contribution is 7.92. The van der Waals surface area contributed by atoms with Crippen molar-refractivity contribution >= 4 is 27.4 Å². The number of amides is 1. The molecule has 0 saturated carbocycles. The predicted octanol–water partition coefficient (Wildman–Crippen LogP) is 5.08. The Morgan fingerprint density at radius 1 is 1.02 bits per heavy atom. The van der Waals surface area contributed by atoms with Crippen molar-refractivity contribution in [1.29, 1.82) is 0 Å². The lowest BCUT2D eigenvalue weighted by Crippen LogP contribution is -2.44. The third-order valence-electron chi connectivity index (χ3n) is 6.97. The van der Waals surface area contributed by atoms with Crippen molar-refractivity contribution < 1.29 is 22.7 Å². The zero-order valence-electron chi connectivity index (χ0n) is 23.0. The number of carbonyl (C=O) groups is 1. The fraction of sp³-hybridized carbons (Fsp3) is 0.267. The molecule has 0 aliphatic carbocycles. The molecule has 0 radical (unpaired) electrons. The molecule has 2 aromatic heterocycles. The van der Waals surface area contributed by atoms with E-state index in [1.165, 1.54) is 24.5 Å². The number of morpholine rings is 1. The molecule has 1 aliphatic heterocycles. The molecule has 2 aromatic carbocycles. The Morgan fingerprint density at radius 2 is 1.73 bits per heavy atom. The smallest absolute Gasteiger partial charge is 0.410 e. The van der Waals surface area contributed by atoms with Gasteiger partial charge in [-0.05, 0) is 69.3 Å². The highest BCUT2D eigenvalue weighted by atomic mass is 32.2. The van der Waals surface area contributed by atoms with Crippen molar-refractivity contribution in [3.05, 3.63) is 90.9 Å². The minimum absolute atomic E-state index is 0.0430. The maximum absolute atomic E-state index is 13.8. The van der Waals surface area contributed by atoms with Gasteiger partial charge in [0.25, 0.3) is 0 Å². The summed E-state index contributed by atoms with van der Waals surface area (Å²) in [7, 11) is -3.83. The molecule has 1 atom stereocenters. The number of rotatable bonds is 7. The molecule has 11 heteroatoms. The molecular formula is C30H31N5O5S. The van der Waals surface area contributed by atoms with Crippen LogP contribution in [0.15, 0.2) is 90.1 Å². The lowest BCUT2D eigenvalue weighted by atomic mass is 10.1. The second-order valence-corrected chi connectivity index (χ2v) is 12.7. The van der Waals surface area contributed by atoms with E-state index in [0.717, 1.165) is 0 Å². The molecule has 212 valence electrons. The SMILES string of the molecule is C[C@H]1COCCN1c1cc(C(C)(C)S(=O)(=O)c2ccncc2)nc(-c2ccc(NC(=O)Oc3ccccc3)cc2)n1. The van der Waals surface area contributed by atoms with E-state index >= 15 is 0 Å². The molecule has 1 amide bonds. The van der Waals surface area contributed by atoms with E-state index in [-0.39, 0.29) is 10.9 Å². The number of ether oxygens (including phenoxy) is 2. The summed E-state index contributed by atoms with van der Waals surface area (Å²) in [6.07, 6.45) is 2.30. The largest absolute Gasteiger partial charge is 0.417 e. The molecule has 1 aliphatic rings. The first-order valence-electron chi connectivity index (χ1n) is 13.2. The molecule has 1 N–H and O–H groups in total. The molecule has 1 saturated heterocycles. The maximum atomic E-state index is 13.8. The van der Waals surface area contributed by atoms with E-state index < -0.39 is 20.7 Å². The van der Waals surface area contributed by atoms with Crippen LogP contribution in [-0.2, 0) is 19.3 Å².